The average molecular weight is 219 g/mol. The van der Waals surface area contributed by atoms with Crippen LogP contribution in [0.4, 0.5) is 0 Å². The van der Waals surface area contributed by atoms with E-state index >= 15 is 0 Å². The Kier molecular flexibility index (Phi) is 2.68. The van der Waals surface area contributed by atoms with Gasteiger partial charge in [0.15, 0.2) is 5.16 Å². The molecule has 15 heavy (non-hydrogen) atoms. The van der Waals surface area contributed by atoms with E-state index in [0.29, 0.717) is 5.56 Å². The standard InChI is InChI=1S/C9H9N5S/c10-8(11)6-1-2-7(14-5-6)15-9-12-3-4-13-9/h1-5H,(H3,10,11)(H,12,13). The van der Waals surface area contributed by atoms with Gasteiger partial charge >= 0.3 is 0 Å². The van der Waals surface area contributed by atoms with Gasteiger partial charge in [-0.2, -0.15) is 0 Å². The van der Waals surface area contributed by atoms with Gasteiger partial charge in [-0.25, -0.2) is 9.97 Å². The predicted octanol–water partition coefficient (Wildman–Crippen LogP) is 1.24. The quantitative estimate of drug-likeness (QED) is 0.535. The summed E-state index contributed by atoms with van der Waals surface area (Å²) >= 11 is 1.43. The minimum atomic E-state index is 0.0250. The molecule has 6 heteroatoms. The number of nitrogens with one attached hydrogen (secondary N) is 2. The van der Waals surface area contributed by atoms with Crippen molar-refractivity contribution < 1.29 is 0 Å². The largest absolute Gasteiger partial charge is 0.384 e. The van der Waals surface area contributed by atoms with Gasteiger partial charge in [0.1, 0.15) is 10.9 Å². The molecule has 2 rings (SSSR count). The molecule has 0 amide bonds. The second-order valence-electron chi connectivity index (χ2n) is 2.80. The summed E-state index contributed by atoms with van der Waals surface area (Å²) in [6.45, 7) is 0. The number of nitrogens with zero attached hydrogens (tertiary/aromatic N) is 2. The molecule has 0 radical (unpaired) electrons. The van der Waals surface area contributed by atoms with Gasteiger partial charge in [-0.15, -0.1) is 0 Å². The van der Waals surface area contributed by atoms with E-state index in [-0.39, 0.29) is 5.84 Å². The summed E-state index contributed by atoms with van der Waals surface area (Å²) in [6, 6.07) is 3.57. The SMILES string of the molecule is N=C(N)c1ccc(Sc2ncc[nH]2)nc1. The lowest BCUT2D eigenvalue weighted by Gasteiger charge is -1.99. The van der Waals surface area contributed by atoms with Crippen molar-refractivity contribution in [3.63, 3.8) is 0 Å². The van der Waals surface area contributed by atoms with Crippen LogP contribution >= 0.6 is 11.8 Å². The first-order chi connectivity index (χ1) is 7.25. The first-order valence-electron chi connectivity index (χ1n) is 4.23. The average Bonchev–Trinajstić information content (AvgIpc) is 2.71. The van der Waals surface area contributed by atoms with Crippen LogP contribution in [0.1, 0.15) is 5.56 Å². The number of aromatic amines is 1. The summed E-state index contributed by atoms with van der Waals surface area (Å²) in [7, 11) is 0. The van der Waals surface area contributed by atoms with Crippen molar-refractivity contribution in [2.75, 3.05) is 0 Å². The number of hydrogen-bond donors (Lipinski definition) is 3. The Morgan fingerprint density at radius 2 is 2.27 bits per heavy atom. The number of rotatable bonds is 3. The smallest absolute Gasteiger partial charge is 0.171 e. The second kappa shape index (κ2) is 4.14. The van der Waals surface area contributed by atoms with Gasteiger partial charge in [-0.05, 0) is 23.9 Å². The maximum absolute atomic E-state index is 7.21. The number of imidazole rings is 1. The van der Waals surface area contributed by atoms with E-state index in [0.717, 1.165) is 10.2 Å². The molecule has 0 aliphatic carbocycles. The Hall–Kier alpha value is -1.82. The summed E-state index contributed by atoms with van der Waals surface area (Å²) < 4.78 is 0. The van der Waals surface area contributed by atoms with Crippen molar-refractivity contribution >= 4 is 17.6 Å². The molecule has 0 spiro atoms. The molecule has 2 aromatic heterocycles. The van der Waals surface area contributed by atoms with Gasteiger partial charge in [-0.3, -0.25) is 5.41 Å². The molecule has 0 saturated heterocycles. The number of pyridine rings is 1. The number of hydrogen-bond acceptors (Lipinski definition) is 4. The van der Waals surface area contributed by atoms with E-state index in [1.54, 1.807) is 24.7 Å². The fraction of sp³-hybridized carbons (Fsp3) is 0. The lowest BCUT2D eigenvalue weighted by Crippen LogP contribution is -2.10. The molecule has 0 aliphatic heterocycles. The second-order valence-corrected chi connectivity index (χ2v) is 3.80. The lowest BCUT2D eigenvalue weighted by molar-refractivity contribution is 1.04. The lowest BCUT2D eigenvalue weighted by atomic mass is 10.3. The van der Waals surface area contributed by atoms with Crippen LogP contribution in [0.15, 0.2) is 40.9 Å². The Balaban J connectivity index is 2.14. The molecule has 0 aromatic carbocycles. The van der Waals surface area contributed by atoms with Crippen molar-refractivity contribution in [2.45, 2.75) is 10.2 Å². The topological polar surface area (TPSA) is 91.4 Å². The van der Waals surface area contributed by atoms with Crippen LogP contribution in [0.3, 0.4) is 0 Å². The van der Waals surface area contributed by atoms with Crippen LogP contribution < -0.4 is 5.73 Å². The molecular weight excluding hydrogens is 210 g/mol. The maximum Gasteiger partial charge on any atom is 0.171 e. The number of amidine groups is 1. The highest BCUT2D eigenvalue weighted by molar-refractivity contribution is 7.99. The number of H-pyrrole nitrogens is 1. The molecule has 0 fully saturated rings. The highest BCUT2D eigenvalue weighted by Crippen LogP contribution is 2.21. The molecule has 0 aliphatic rings. The monoisotopic (exact) mass is 219 g/mol. The molecule has 76 valence electrons. The maximum atomic E-state index is 7.21. The summed E-state index contributed by atoms with van der Waals surface area (Å²) in [5.74, 6) is 0.0250. The van der Waals surface area contributed by atoms with Crippen LogP contribution in [-0.4, -0.2) is 20.8 Å². The van der Waals surface area contributed by atoms with Crippen molar-refractivity contribution in [3.8, 4) is 0 Å². The molecule has 4 N–H and O–H groups in total. The zero-order chi connectivity index (χ0) is 10.7. The van der Waals surface area contributed by atoms with Gasteiger partial charge in [0, 0.05) is 24.2 Å². The Morgan fingerprint density at radius 1 is 1.40 bits per heavy atom. The van der Waals surface area contributed by atoms with E-state index in [1.165, 1.54) is 11.8 Å². The third-order valence-corrected chi connectivity index (χ3v) is 2.59. The van der Waals surface area contributed by atoms with E-state index in [2.05, 4.69) is 15.0 Å². The fourth-order valence-electron chi connectivity index (χ4n) is 1.01. The predicted molar refractivity (Wildman–Crippen MR) is 58.0 cm³/mol. The Bertz CT molecular complexity index is 448. The Morgan fingerprint density at radius 3 is 2.80 bits per heavy atom. The molecule has 0 bridgehead atoms. The molecular formula is C9H9N5S. The summed E-state index contributed by atoms with van der Waals surface area (Å²) in [6.07, 6.45) is 5.02. The number of aromatic nitrogens is 3. The molecule has 0 atom stereocenters. The first kappa shape index (κ1) is 9.72. The molecule has 0 saturated carbocycles. The van der Waals surface area contributed by atoms with E-state index in [4.69, 9.17) is 11.1 Å². The zero-order valence-corrected chi connectivity index (χ0v) is 8.58. The third kappa shape index (κ3) is 2.35. The van der Waals surface area contributed by atoms with Crippen molar-refractivity contribution in [3.05, 3.63) is 36.3 Å². The van der Waals surface area contributed by atoms with Crippen LogP contribution in [-0.2, 0) is 0 Å². The minimum absolute atomic E-state index is 0.0250. The molecule has 5 nitrogen and oxygen atoms in total. The van der Waals surface area contributed by atoms with Gasteiger partial charge in [-0.1, -0.05) is 0 Å². The summed E-state index contributed by atoms with van der Waals surface area (Å²) in [5, 5.41) is 8.82. The fourth-order valence-corrected chi connectivity index (χ4v) is 1.69. The molecule has 2 aromatic rings. The van der Waals surface area contributed by atoms with E-state index in [9.17, 15) is 0 Å². The van der Waals surface area contributed by atoms with Gasteiger partial charge in [0.25, 0.3) is 0 Å². The highest BCUT2D eigenvalue weighted by atomic mass is 32.2. The van der Waals surface area contributed by atoms with Gasteiger partial charge in [0.2, 0.25) is 0 Å². The first-order valence-corrected chi connectivity index (χ1v) is 5.05. The van der Waals surface area contributed by atoms with Crippen LogP contribution in [0, 0.1) is 5.41 Å². The van der Waals surface area contributed by atoms with Crippen LogP contribution in [0.2, 0.25) is 0 Å². The minimum Gasteiger partial charge on any atom is -0.384 e. The van der Waals surface area contributed by atoms with Crippen LogP contribution in [0.5, 0.6) is 0 Å². The Labute approximate surface area is 90.7 Å². The van der Waals surface area contributed by atoms with Gasteiger partial charge in [0.05, 0.1) is 0 Å². The summed E-state index contributed by atoms with van der Waals surface area (Å²) in [5.41, 5.74) is 5.94. The number of nitrogens with two attached hydrogens (primary N) is 1. The summed E-state index contributed by atoms with van der Waals surface area (Å²) in [4.78, 5) is 11.2. The third-order valence-electron chi connectivity index (χ3n) is 1.72. The molecule has 0 unspecified atom stereocenters. The van der Waals surface area contributed by atoms with E-state index < -0.39 is 0 Å². The van der Waals surface area contributed by atoms with Gasteiger partial charge < -0.3 is 10.7 Å². The van der Waals surface area contributed by atoms with E-state index in [1.807, 2.05) is 6.07 Å². The molecule has 2 heterocycles. The van der Waals surface area contributed by atoms with Crippen molar-refractivity contribution in [1.82, 2.24) is 15.0 Å². The number of nitrogen functional groups attached to an aromatic ring is 1. The van der Waals surface area contributed by atoms with Crippen molar-refractivity contribution in [2.24, 2.45) is 5.73 Å². The zero-order valence-electron chi connectivity index (χ0n) is 7.77. The van der Waals surface area contributed by atoms with Crippen LogP contribution in [0.25, 0.3) is 0 Å². The highest BCUT2D eigenvalue weighted by Gasteiger charge is 2.01. The van der Waals surface area contributed by atoms with Crippen molar-refractivity contribution in [1.29, 1.82) is 5.41 Å². The normalized spacial score (nSPS) is 10.1.